The highest BCUT2D eigenvalue weighted by Gasteiger charge is 2.34. The maximum atomic E-state index is 12.1. The molecule has 2 fully saturated rings. The molecule has 2 N–H and O–H groups in total. The molecule has 22 heavy (non-hydrogen) atoms. The monoisotopic (exact) mass is 301 g/mol. The van der Waals surface area contributed by atoms with E-state index in [0.29, 0.717) is 31.0 Å². The zero-order chi connectivity index (χ0) is 15.4. The summed E-state index contributed by atoms with van der Waals surface area (Å²) in [6.07, 6.45) is 5.64. The van der Waals surface area contributed by atoms with Crippen molar-refractivity contribution in [2.24, 2.45) is 5.92 Å². The third-order valence-corrected chi connectivity index (χ3v) is 5.01. The fourth-order valence-electron chi connectivity index (χ4n) is 3.85. The van der Waals surface area contributed by atoms with Crippen LogP contribution in [0.1, 0.15) is 32.1 Å². The summed E-state index contributed by atoms with van der Waals surface area (Å²) in [5.41, 5.74) is 1.19. The predicted molar refractivity (Wildman–Crippen MR) is 90.0 cm³/mol. The summed E-state index contributed by atoms with van der Waals surface area (Å²) in [6, 6.07) is 11.6. The summed E-state index contributed by atoms with van der Waals surface area (Å²) >= 11 is 0. The molecule has 0 saturated carbocycles. The van der Waals surface area contributed by atoms with Crippen LogP contribution in [0, 0.1) is 5.92 Å². The summed E-state index contributed by atoms with van der Waals surface area (Å²) in [5, 5.41) is 6.71. The number of carbonyl (C=O) groups is 1. The van der Waals surface area contributed by atoms with Gasteiger partial charge in [0.15, 0.2) is 0 Å². The van der Waals surface area contributed by atoms with Crippen LogP contribution in [-0.2, 0) is 4.79 Å². The van der Waals surface area contributed by atoms with Crippen LogP contribution in [-0.4, -0.2) is 38.1 Å². The van der Waals surface area contributed by atoms with Crippen molar-refractivity contribution in [2.75, 3.05) is 25.0 Å². The van der Waals surface area contributed by atoms with Crippen LogP contribution in [0.3, 0.4) is 0 Å². The number of piperidine rings is 1. The highest BCUT2D eigenvalue weighted by atomic mass is 16.1. The molecule has 2 atom stereocenters. The maximum Gasteiger partial charge on any atom is 0.220 e. The van der Waals surface area contributed by atoms with Gasteiger partial charge in [0.25, 0.3) is 0 Å². The zero-order valence-electron chi connectivity index (χ0n) is 13.4. The Morgan fingerprint density at radius 3 is 2.59 bits per heavy atom. The van der Waals surface area contributed by atoms with E-state index in [1.54, 1.807) is 0 Å². The van der Waals surface area contributed by atoms with E-state index in [1.807, 2.05) is 18.2 Å². The lowest BCUT2D eigenvalue weighted by molar-refractivity contribution is -0.122. The van der Waals surface area contributed by atoms with Crippen LogP contribution in [0.5, 0.6) is 0 Å². The van der Waals surface area contributed by atoms with Crippen molar-refractivity contribution >= 4 is 11.6 Å². The number of hydrogen-bond acceptors (Lipinski definition) is 3. The van der Waals surface area contributed by atoms with Gasteiger partial charge in [0.2, 0.25) is 5.91 Å². The lowest BCUT2D eigenvalue weighted by Gasteiger charge is -2.28. The number of para-hydroxylation sites is 1. The van der Waals surface area contributed by atoms with Crippen molar-refractivity contribution in [1.29, 1.82) is 0 Å². The molecule has 2 bridgehead atoms. The Morgan fingerprint density at radius 1 is 1.23 bits per heavy atom. The summed E-state index contributed by atoms with van der Waals surface area (Å²) in [4.78, 5) is 14.3. The van der Waals surface area contributed by atoms with E-state index in [2.05, 4.69) is 34.7 Å². The van der Waals surface area contributed by atoms with Crippen LogP contribution >= 0.6 is 0 Å². The number of likely N-dealkylation sites (N-methyl/N-ethyl adjacent to an activating group) is 1. The number of carbonyl (C=O) groups excluding carboxylic acids is 1. The van der Waals surface area contributed by atoms with Crippen molar-refractivity contribution in [1.82, 2.24) is 10.6 Å². The van der Waals surface area contributed by atoms with E-state index >= 15 is 0 Å². The van der Waals surface area contributed by atoms with Gasteiger partial charge in [-0.1, -0.05) is 18.2 Å². The SMILES string of the molecule is CN(CCNC(=O)CC1CC2CCC(C1)N2)c1ccccc1. The number of hydrogen-bond donors (Lipinski definition) is 2. The fraction of sp³-hybridized carbons (Fsp3) is 0.611. The van der Waals surface area contributed by atoms with Crippen LogP contribution in [0.2, 0.25) is 0 Å². The van der Waals surface area contributed by atoms with Gasteiger partial charge in [-0.2, -0.15) is 0 Å². The first-order valence-electron chi connectivity index (χ1n) is 8.49. The van der Waals surface area contributed by atoms with Crippen LogP contribution in [0.15, 0.2) is 30.3 Å². The van der Waals surface area contributed by atoms with E-state index in [4.69, 9.17) is 0 Å². The second kappa shape index (κ2) is 7.14. The molecule has 4 heteroatoms. The minimum absolute atomic E-state index is 0.216. The molecule has 0 aliphatic carbocycles. The van der Waals surface area contributed by atoms with Gasteiger partial charge in [-0.3, -0.25) is 4.79 Å². The molecule has 1 aromatic carbocycles. The number of anilines is 1. The Bertz CT molecular complexity index is 478. The van der Waals surface area contributed by atoms with Crippen LogP contribution in [0.25, 0.3) is 0 Å². The van der Waals surface area contributed by atoms with Gasteiger partial charge >= 0.3 is 0 Å². The molecule has 0 spiro atoms. The molecule has 2 aliphatic heterocycles. The topological polar surface area (TPSA) is 44.4 Å². The predicted octanol–water partition coefficient (Wildman–Crippen LogP) is 2.16. The first-order chi connectivity index (χ1) is 10.7. The molecule has 0 radical (unpaired) electrons. The van der Waals surface area contributed by atoms with Gasteiger partial charge < -0.3 is 15.5 Å². The van der Waals surface area contributed by atoms with Gasteiger partial charge in [-0.15, -0.1) is 0 Å². The molecule has 1 aromatic rings. The second-order valence-corrected chi connectivity index (χ2v) is 6.79. The fourth-order valence-corrected chi connectivity index (χ4v) is 3.85. The maximum absolute atomic E-state index is 12.1. The summed E-state index contributed by atoms with van der Waals surface area (Å²) in [6.45, 7) is 1.55. The van der Waals surface area contributed by atoms with Gasteiger partial charge in [0.1, 0.15) is 0 Å². The number of nitrogens with one attached hydrogen (secondary N) is 2. The Morgan fingerprint density at radius 2 is 1.91 bits per heavy atom. The molecule has 120 valence electrons. The molecule has 2 saturated heterocycles. The van der Waals surface area contributed by atoms with Gasteiger partial charge in [0.05, 0.1) is 0 Å². The van der Waals surface area contributed by atoms with Crippen molar-refractivity contribution in [3.05, 3.63) is 30.3 Å². The van der Waals surface area contributed by atoms with Crippen molar-refractivity contribution in [2.45, 2.75) is 44.2 Å². The van der Waals surface area contributed by atoms with Crippen molar-refractivity contribution < 1.29 is 4.79 Å². The Kier molecular flexibility index (Phi) is 4.98. The molecule has 0 aromatic heterocycles. The number of rotatable bonds is 6. The molecule has 3 rings (SSSR count). The first kappa shape index (κ1) is 15.3. The van der Waals surface area contributed by atoms with Gasteiger partial charge in [0, 0.05) is 44.3 Å². The smallest absolute Gasteiger partial charge is 0.220 e. The molecular formula is C18H27N3O. The molecule has 2 unspecified atom stereocenters. The molecule has 4 nitrogen and oxygen atoms in total. The quantitative estimate of drug-likeness (QED) is 0.846. The standard InChI is InChI=1S/C18H27N3O/c1-21(17-5-3-2-4-6-17)10-9-19-18(22)13-14-11-15-7-8-16(12-14)20-15/h2-6,14-16,20H,7-13H2,1H3,(H,19,22). The molecule has 2 aliphatic rings. The highest BCUT2D eigenvalue weighted by molar-refractivity contribution is 5.76. The largest absolute Gasteiger partial charge is 0.373 e. The Hall–Kier alpha value is -1.55. The second-order valence-electron chi connectivity index (χ2n) is 6.79. The minimum atomic E-state index is 0.216. The van der Waals surface area contributed by atoms with Crippen LogP contribution < -0.4 is 15.5 Å². The minimum Gasteiger partial charge on any atom is -0.373 e. The third kappa shape index (κ3) is 4.01. The number of nitrogens with zero attached hydrogens (tertiary/aromatic N) is 1. The summed E-state index contributed by atoms with van der Waals surface area (Å²) in [5.74, 6) is 0.790. The van der Waals surface area contributed by atoms with E-state index < -0.39 is 0 Å². The number of benzene rings is 1. The van der Waals surface area contributed by atoms with Crippen molar-refractivity contribution in [3.63, 3.8) is 0 Å². The summed E-state index contributed by atoms with van der Waals surface area (Å²) in [7, 11) is 2.06. The van der Waals surface area contributed by atoms with E-state index in [1.165, 1.54) is 31.4 Å². The Labute approximate surface area is 133 Å². The average Bonchev–Trinajstić information content (AvgIpc) is 2.87. The third-order valence-electron chi connectivity index (χ3n) is 5.01. The van der Waals surface area contributed by atoms with Gasteiger partial charge in [-0.05, 0) is 43.7 Å². The van der Waals surface area contributed by atoms with Crippen LogP contribution in [0.4, 0.5) is 5.69 Å². The van der Waals surface area contributed by atoms with E-state index in [9.17, 15) is 4.79 Å². The lowest BCUT2D eigenvalue weighted by Crippen LogP contribution is -2.40. The van der Waals surface area contributed by atoms with E-state index in [-0.39, 0.29) is 5.91 Å². The zero-order valence-corrected chi connectivity index (χ0v) is 13.4. The molecular weight excluding hydrogens is 274 g/mol. The van der Waals surface area contributed by atoms with Gasteiger partial charge in [-0.25, -0.2) is 0 Å². The lowest BCUT2D eigenvalue weighted by atomic mass is 9.89. The number of fused-ring (bicyclic) bond motifs is 2. The first-order valence-corrected chi connectivity index (χ1v) is 8.49. The van der Waals surface area contributed by atoms with Crippen molar-refractivity contribution in [3.8, 4) is 0 Å². The summed E-state index contributed by atoms with van der Waals surface area (Å²) < 4.78 is 0. The highest BCUT2D eigenvalue weighted by Crippen LogP contribution is 2.32. The normalized spacial score (nSPS) is 26.7. The Balaban J connectivity index is 1.36. The average molecular weight is 301 g/mol. The molecule has 2 heterocycles. The number of amides is 1. The van der Waals surface area contributed by atoms with E-state index in [0.717, 1.165) is 6.54 Å². The molecule has 1 amide bonds.